The van der Waals surface area contributed by atoms with E-state index in [9.17, 15) is 0 Å². The summed E-state index contributed by atoms with van der Waals surface area (Å²) >= 11 is 0. The smallest absolute Gasteiger partial charge is 0.0723 e. The van der Waals surface area contributed by atoms with Crippen LogP contribution >= 0.6 is 0 Å². The normalized spacial score (nSPS) is 11.7. The molecule has 0 unspecified atom stereocenters. The van der Waals surface area contributed by atoms with E-state index in [-0.39, 0.29) is 0 Å². The average molecular weight is 637 g/mol. The molecule has 0 bridgehead atoms. The second-order valence-corrected chi connectivity index (χ2v) is 13.3. The number of unbranched alkanes of at least 4 members (excludes halogenated alkanes) is 12. The van der Waals surface area contributed by atoms with E-state index in [1.54, 1.807) is 0 Å². The highest BCUT2D eigenvalue weighted by molar-refractivity contribution is 5.70. The summed E-state index contributed by atoms with van der Waals surface area (Å²) in [5.41, 5.74) is 5.06. The largest absolute Gasteiger partial charge is 0.375 e. The Labute approximate surface area is 285 Å². The zero-order valence-corrected chi connectivity index (χ0v) is 30.7. The quantitative estimate of drug-likeness (QED) is 0.0769. The average Bonchev–Trinajstić information content (AvgIpc) is 3.08. The Hall–Kier alpha value is -1.72. The molecule has 262 valence electrons. The second kappa shape index (κ2) is 28.3. The molecule has 0 radical (unpaired) electrons. The van der Waals surface area contributed by atoms with Crippen molar-refractivity contribution in [1.82, 2.24) is 9.80 Å². The van der Waals surface area contributed by atoms with Crippen LogP contribution in [-0.2, 0) is 22.7 Å². The first-order valence-electron chi connectivity index (χ1n) is 19.5. The van der Waals surface area contributed by atoms with E-state index in [1.807, 2.05) is 0 Å². The molecule has 2 rings (SSSR count). The summed E-state index contributed by atoms with van der Waals surface area (Å²) in [4.78, 5) is 5.28. The van der Waals surface area contributed by atoms with Gasteiger partial charge in [0, 0.05) is 13.1 Å². The third-order valence-electron chi connectivity index (χ3n) is 9.26. The van der Waals surface area contributed by atoms with Crippen molar-refractivity contribution in [2.24, 2.45) is 0 Å². The number of rotatable bonds is 31. The highest BCUT2D eigenvalue weighted by Crippen LogP contribution is 2.28. The Bertz CT molecular complexity index is 863. The molecule has 0 saturated heterocycles. The molecule has 4 heteroatoms. The van der Waals surface area contributed by atoms with Gasteiger partial charge in [-0.2, -0.15) is 0 Å². The van der Waals surface area contributed by atoms with E-state index in [0.717, 1.165) is 26.3 Å². The molecule has 0 aromatic heterocycles. The van der Waals surface area contributed by atoms with Crippen molar-refractivity contribution in [3.05, 3.63) is 59.7 Å². The summed E-state index contributed by atoms with van der Waals surface area (Å²) in [7, 11) is 0. The van der Waals surface area contributed by atoms with Gasteiger partial charge in [-0.1, -0.05) is 153 Å². The van der Waals surface area contributed by atoms with Gasteiger partial charge in [-0.3, -0.25) is 0 Å². The molecule has 0 heterocycles. The zero-order chi connectivity index (χ0) is 32.9. The molecule has 46 heavy (non-hydrogen) atoms. The van der Waals surface area contributed by atoms with E-state index >= 15 is 0 Å². The lowest BCUT2D eigenvalue weighted by molar-refractivity contribution is 0.0906. The Morgan fingerprint density at radius 3 is 1.04 bits per heavy atom. The van der Waals surface area contributed by atoms with E-state index < -0.39 is 0 Å². The van der Waals surface area contributed by atoms with E-state index in [4.69, 9.17) is 9.47 Å². The minimum Gasteiger partial charge on any atom is -0.375 e. The number of hydrogen-bond acceptors (Lipinski definition) is 4. The van der Waals surface area contributed by atoms with Crippen LogP contribution in [0.3, 0.4) is 0 Å². The van der Waals surface area contributed by atoms with Crippen LogP contribution in [0, 0.1) is 0 Å². The molecule has 0 saturated carbocycles. The maximum absolute atomic E-state index is 6.35. The van der Waals surface area contributed by atoms with Crippen molar-refractivity contribution in [1.29, 1.82) is 0 Å². The van der Waals surface area contributed by atoms with Crippen molar-refractivity contribution >= 4 is 0 Å². The van der Waals surface area contributed by atoms with Crippen molar-refractivity contribution < 1.29 is 9.47 Å². The standard InChI is InChI=1S/C42H72N2O2/c1-5-9-13-21-29-43(30-22-14-10-6-2)33-35-45-37-39-25-17-19-27-41(39)42-28-20-18-26-40(42)38-46-36-34-44(31-23-15-11-7-3)32-24-16-12-8-4/h17-20,25-28H,5-16,21-24,29-38H2,1-4H3. The Balaban J connectivity index is 1.91. The van der Waals surface area contributed by atoms with Gasteiger partial charge in [0.05, 0.1) is 26.4 Å². The predicted molar refractivity (Wildman–Crippen MR) is 201 cm³/mol. The highest BCUT2D eigenvalue weighted by Gasteiger charge is 2.11. The topological polar surface area (TPSA) is 24.9 Å². The fraction of sp³-hybridized carbons (Fsp3) is 0.714. The summed E-state index contributed by atoms with van der Waals surface area (Å²) < 4.78 is 12.7. The van der Waals surface area contributed by atoms with Crippen LogP contribution in [-0.4, -0.2) is 62.3 Å². The zero-order valence-electron chi connectivity index (χ0n) is 30.7. The second-order valence-electron chi connectivity index (χ2n) is 13.3. The van der Waals surface area contributed by atoms with Gasteiger partial charge in [-0.05, 0) is 74.1 Å². The molecular formula is C42H72N2O2. The number of hydrogen-bond donors (Lipinski definition) is 0. The van der Waals surface area contributed by atoms with Crippen molar-refractivity contribution in [3.63, 3.8) is 0 Å². The van der Waals surface area contributed by atoms with Gasteiger partial charge in [0.15, 0.2) is 0 Å². The summed E-state index contributed by atoms with van der Waals surface area (Å²) in [6.45, 7) is 18.9. The molecule has 0 N–H and O–H groups in total. The highest BCUT2D eigenvalue weighted by atomic mass is 16.5. The van der Waals surface area contributed by atoms with Crippen LogP contribution in [0.15, 0.2) is 48.5 Å². The summed E-state index contributed by atoms with van der Waals surface area (Å²) in [6.07, 6.45) is 21.2. The minimum atomic E-state index is 0.649. The van der Waals surface area contributed by atoms with Crippen molar-refractivity contribution in [2.45, 2.75) is 144 Å². The molecule has 0 aliphatic rings. The number of benzene rings is 2. The van der Waals surface area contributed by atoms with Gasteiger partial charge in [0.25, 0.3) is 0 Å². The van der Waals surface area contributed by atoms with Crippen LogP contribution in [0.25, 0.3) is 11.1 Å². The third-order valence-corrected chi connectivity index (χ3v) is 9.26. The molecule has 0 amide bonds. The van der Waals surface area contributed by atoms with Crippen molar-refractivity contribution in [3.8, 4) is 11.1 Å². The summed E-state index contributed by atoms with van der Waals surface area (Å²) in [5.74, 6) is 0. The monoisotopic (exact) mass is 637 g/mol. The first kappa shape index (κ1) is 40.5. The molecule has 0 aliphatic carbocycles. The molecular weight excluding hydrogens is 564 g/mol. The van der Waals surface area contributed by atoms with Crippen LogP contribution in [0.1, 0.15) is 142 Å². The van der Waals surface area contributed by atoms with Crippen LogP contribution in [0.4, 0.5) is 0 Å². The van der Waals surface area contributed by atoms with Gasteiger partial charge in [-0.25, -0.2) is 0 Å². The third kappa shape index (κ3) is 18.6. The Morgan fingerprint density at radius 1 is 0.391 bits per heavy atom. The van der Waals surface area contributed by atoms with E-state index in [2.05, 4.69) is 86.0 Å². The predicted octanol–water partition coefficient (Wildman–Crippen LogP) is 11.3. The SMILES string of the molecule is CCCCCCN(CCCCCC)CCOCc1ccccc1-c1ccccc1COCCN(CCCCCC)CCCCCC. The molecule has 2 aromatic rings. The van der Waals surface area contributed by atoms with Gasteiger partial charge in [0.2, 0.25) is 0 Å². The van der Waals surface area contributed by atoms with Gasteiger partial charge in [0.1, 0.15) is 0 Å². The van der Waals surface area contributed by atoms with E-state index in [0.29, 0.717) is 13.2 Å². The summed E-state index contributed by atoms with van der Waals surface area (Å²) in [6, 6.07) is 17.6. The molecule has 0 atom stereocenters. The maximum Gasteiger partial charge on any atom is 0.0723 e. The Kier molecular flexibility index (Phi) is 24.9. The lowest BCUT2D eigenvalue weighted by atomic mass is 9.96. The van der Waals surface area contributed by atoms with Gasteiger partial charge < -0.3 is 19.3 Å². The first-order valence-corrected chi connectivity index (χ1v) is 19.5. The molecule has 4 nitrogen and oxygen atoms in total. The maximum atomic E-state index is 6.35. The number of nitrogens with zero attached hydrogens (tertiary/aromatic N) is 2. The van der Waals surface area contributed by atoms with Crippen LogP contribution in [0.5, 0.6) is 0 Å². The number of ether oxygens (including phenoxy) is 2. The summed E-state index contributed by atoms with van der Waals surface area (Å²) in [5, 5.41) is 0. The molecule has 0 spiro atoms. The molecule has 2 aromatic carbocycles. The minimum absolute atomic E-state index is 0.649. The molecule has 0 fully saturated rings. The van der Waals surface area contributed by atoms with E-state index in [1.165, 1.54) is 151 Å². The van der Waals surface area contributed by atoms with Crippen molar-refractivity contribution in [2.75, 3.05) is 52.5 Å². The Morgan fingerprint density at radius 2 is 0.717 bits per heavy atom. The first-order chi connectivity index (χ1) is 22.7. The van der Waals surface area contributed by atoms with Gasteiger partial charge in [-0.15, -0.1) is 0 Å². The lowest BCUT2D eigenvalue weighted by Crippen LogP contribution is -2.30. The lowest BCUT2D eigenvalue weighted by Gasteiger charge is -2.23. The van der Waals surface area contributed by atoms with Gasteiger partial charge >= 0.3 is 0 Å². The van der Waals surface area contributed by atoms with Crippen LogP contribution in [0.2, 0.25) is 0 Å². The molecule has 0 aliphatic heterocycles. The van der Waals surface area contributed by atoms with Crippen LogP contribution < -0.4 is 0 Å². The fourth-order valence-electron chi connectivity index (χ4n) is 6.29. The fourth-order valence-corrected chi connectivity index (χ4v) is 6.29.